The van der Waals surface area contributed by atoms with Crippen LogP contribution in [0.5, 0.6) is 0 Å². The second kappa shape index (κ2) is 10.1. The number of hydrogen-bond donors (Lipinski definition) is 1. The molecule has 6 nitrogen and oxygen atoms in total. The predicted octanol–water partition coefficient (Wildman–Crippen LogP) is 3.22. The molecule has 2 fully saturated rings. The first-order valence-electron chi connectivity index (χ1n) is 12.0. The molecule has 0 aromatic heterocycles. The van der Waals surface area contributed by atoms with Crippen molar-refractivity contribution in [1.82, 2.24) is 14.7 Å². The Hall–Kier alpha value is -2.70. The molecule has 0 unspecified atom stereocenters. The number of nitrogens with zero attached hydrogens (tertiary/aromatic N) is 3. The Morgan fingerprint density at radius 3 is 2.42 bits per heavy atom. The standard InChI is InChI=1S/C27H35N3O3/c1-4-25(32)29-14-5-6-15-30-23(17-29)26(24(30)18-31)20-12-10-19(11-13-20)21-8-7-9-22(16-21)27(33)28(2)3/h7-13,16,23-24,26,31H,4-6,14-15,17-18H2,1-3H3/t23-,24+,26-/m1/s1. The lowest BCUT2D eigenvalue weighted by Crippen LogP contribution is -2.67. The summed E-state index contributed by atoms with van der Waals surface area (Å²) in [4.78, 5) is 30.8. The van der Waals surface area contributed by atoms with Crippen LogP contribution < -0.4 is 0 Å². The van der Waals surface area contributed by atoms with Gasteiger partial charge in [-0.15, -0.1) is 0 Å². The van der Waals surface area contributed by atoms with Crippen LogP contribution in [0.2, 0.25) is 0 Å². The lowest BCUT2D eigenvalue weighted by molar-refractivity contribution is -0.136. The van der Waals surface area contributed by atoms with E-state index in [0.29, 0.717) is 12.0 Å². The molecule has 0 bridgehead atoms. The van der Waals surface area contributed by atoms with Crippen molar-refractivity contribution in [1.29, 1.82) is 0 Å². The van der Waals surface area contributed by atoms with Gasteiger partial charge in [-0.25, -0.2) is 0 Å². The van der Waals surface area contributed by atoms with Crippen LogP contribution >= 0.6 is 0 Å². The first-order valence-corrected chi connectivity index (χ1v) is 12.0. The van der Waals surface area contributed by atoms with E-state index in [1.807, 2.05) is 36.1 Å². The zero-order chi connectivity index (χ0) is 23.5. The summed E-state index contributed by atoms with van der Waals surface area (Å²) in [5, 5.41) is 10.1. The predicted molar refractivity (Wildman–Crippen MR) is 130 cm³/mol. The Bertz CT molecular complexity index is 988. The minimum atomic E-state index is -0.00993. The zero-order valence-electron chi connectivity index (χ0n) is 19.9. The maximum Gasteiger partial charge on any atom is 0.253 e. The van der Waals surface area contributed by atoms with Crippen LogP contribution in [0.4, 0.5) is 0 Å². The average molecular weight is 450 g/mol. The summed E-state index contributed by atoms with van der Waals surface area (Å²) in [6.07, 6.45) is 2.60. The first-order chi connectivity index (χ1) is 15.9. The molecule has 1 N–H and O–H groups in total. The molecule has 2 aromatic carbocycles. The SMILES string of the molecule is CCC(=O)N1CCCCN2[C@H](C1)[C@@H](c1ccc(-c3cccc(C(=O)N(C)C)c3)cc1)[C@@H]2CO. The summed E-state index contributed by atoms with van der Waals surface area (Å²) >= 11 is 0. The fourth-order valence-corrected chi connectivity index (χ4v) is 5.38. The summed E-state index contributed by atoms with van der Waals surface area (Å²) in [6.45, 7) is 4.58. The van der Waals surface area contributed by atoms with Crippen molar-refractivity contribution < 1.29 is 14.7 Å². The van der Waals surface area contributed by atoms with Crippen LogP contribution in [0.1, 0.15) is 48.0 Å². The van der Waals surface area contributed by atoms with Gasteiger partial charge in [0.1, 0.15) is 0 Å². The third kappa shape index (κ3) is 4.68. The van der Waals surface area contributed by atoms with E-state index >= 15 is 0 Å². The van der Waals surface area contributed by atoms with E-state index in [0.717, 1.165) is 43.6 Å². The van der Waals surface area contributed by atoms with E-state index in [2.05, 4.69) is 29.2 Å². The summed E-state index contributed by atoms with van der Waals surface area (Å²) < 4.78 is 0. The smallest absolute Gasteiger partial charge is 0.253 e. The topological polar surface area (TPSA) is 64.1 Å². The molecular formula is C27H35N3O3. The van der Waals surface area contributed by atoms with Gasteiger partial charge in [0.2, 0.25) is 5.91 Å². The molecule has 4 rings (SSSR count). The highest BCUT2D eigenvalue weighted by atomic mass is 16.3. The van der Waals surface area contributed by atoms with Crippen molar-refractivity contribution in [2.45, 2.75) is 44.2 Å². The number of benzene rings is 2. The second-order valence-electron chi connectivity index (χ2n) is 9.38. The number of carbonyl (C=O) groups is 2. The molecule has 2 aromatic rings. The van der Waals surface area contributed by atoms with Gasteiger partial charge in [-0.2, -0.15) is 0 Å². The van der Waals surface area contributed by atoms with Gasteiger partial charge in [0.05, 0.1) is 6.61 Å². The summed E-state index contributed by atoms with van der Waals surface area (Å²) in [5.74, 6) is 0.408. The van der Waals surface area contributed by atoms with Crippen molar-refractivity contribution >= 4 is 11.8 Å². The van der Waals surface area contributed by atoms with Crippen molar-refractivity contribution in [3.05, 3.63) is 59.7 Å². The van der Waals surface area contributed by atoms with Crippen molar-refractivity contribution in [3.63, 3.8) is 0 Å². The van der Waals surface area contributed by atoms with Crippen molar-refractivity contribution in [2.75, 3.05) is 40.3 Å². The van der Waals surface area contributed by atoms with Gasteiger partial charge < -0.3 is 14.9 Å². The molecule has 0 radical (unpaired) electrons. The molecule has 176 valence electrons. The number of fused-ring (bicyclic) bond motifs is 1. The number of rotatable bonds is 5. The molecule has 2 amide bonds. The molecule has 6 heteroatoms. The van der Waals surface area contributed by atoms with Gasteiger partial charge in [0, 0.05) is 57.2 Å². The minimum absolute atomic E-state index is 0.00993. The van der Waals surface area contributed by atoms with E-state index in [1.54, 1.807) is 19.0 Å². The minimum Gasteiger partial charge on any atom is -0.395 e. The molecule has 2 heterocycles. The molecule has 2 saturated heterocycles. The summed E-state index contributed by atoms with van der Waals surface area (Å²) in [7, 11) is 3.52. The molecule has 3 atom stereocenters. The van der Waals surface area contributed by atoms with Gasteiger partial charge in [-0.1, -0.05) is 43.3 Å². The highest BCUT2D eigenvalue weighted by Crippen LogP contribution is 2.42. The maximum absolute atomic E-state index is 12.5. The van der Waals surface area contributed by atoms with Gasteiger partial charge >= 0.3 is 0 Å². The van der Waals surface area contributed by atoms with Crippen molar-refractivity contribution in [3.8, 4) is 11.1 Å². The molecule has 0 saturated carbocycles. The third-order valence-electron chi connectivity index (χ3n) is 7.17. The molecule has 0 aliphatic carbocycles. The average Bonchev–Trinajstić information content (AvgIpc) is 2.82. The quantitative estimate of drug-likeness (QED) is 0.761. The molecule has 2 aliphatic heterocycles. The normalized spacial score (nSPS) is 23.2. The van der Waals surface area contributed by atoms with Gasteiger partial charge in [0.25, 0.3) is 5.91 Å². The fourth-order valence-electron chi connectivity index (χ4n) is 5.38. The van der Waals surface area contributed by atoms with Crippen LogP contribution in [-0.2, 0) is 4.79 Å². The molecule has 33 heavy (non-hydrogen) atoms. The summed E-state index contributed by atoms with van der Waals surface area (Å²) in [6, 6.07) is 16.5. The number of carbonyl (C=O) groups excluding carboxylic acids is 2. The van der Waals surface area contributed by atoms with Gasteiger partial charge in [0.15, 0.2) is 0 Å². The Morgan fingerprint density at radius 2 is 1.76 bits per heavy atom. The van der Waals surface area contributed by atoms with E-state index in [4.69, 9.17) is 0 Å². The van der Waals surface area contributed by atoms with Crippen LogP contribution in [0.25, 0.3) is 11.1 Å². The maximum atomic E-state index is 12.5. The van der Waals surface area contributed by atoms with E-state index in [1.165, 1.54) is 5.56 Å². The number of hydrogen-bond acceptors (Lipinski definition) is 4. The van der Waals surface area contributed by atoms with E-state index in [-0.39, 0.29) is 36.4 Å². The number of amides is 2. The number of aliphatic hydroxyl groups is 1. The summed E-state index contributed by atoms with van der Waals surface area (Å²) in [5.41, 5.74) is 3.94. The molecular weight excluding hydrogens is 414 g/mol. The lowest BCUT2D eigenvalue weighted by Gasteiger charge is -2.57. The highest BCUT2D eigenvalue weighted by Gasteiger charge is 2.49. The molecule has 0 spiro atoms. The first kappa shape index (κ1) is 23.5. The van der Waals surface area contributed by atoms with Crippen LogP contribution in [0.3, 0.4) is 0 Å². The Labute approximate surface area is 196 Å². The largest absolute Gasteiger partial charge is 0.395 e. The zero-order valence-corrected chi connectivity index (χ0v) is 19.9. The van der Waals surface area contributed by atoms with E-state index < -0.39 is 0 Å². The molecule has 2 aliphatic rings. The second-order valence-corrected chi connectivity index (χ2v) is 9.38. The van der Waals surface area contributed by atoms with Crippen molar-refractivity contribution in [2.24, 2.45) is 0 Å². The monoisotopic (exact) mass is 449 g/mol. The van der Waals surface area contributed by atoms with Gasteiger partial charge in [-0.3, -0.25) is 14.5 Å². The van der Waals surface area contributed by atoms with E-state index in [9.17, 15) is 14.7 Å². The Morgan fingerprint density at radius 1 is 1.03 bits per heavy atom. The fraction of sp³-hybridized carbons (Fsp3) is 0.481. The highest BCUT2D eigenvalue weighted by molar-refractivity contribution is 5.95. The lowest BCUT2D eigenvalue weighted by atomic mass is 9.74. The van der Waals surface area contributed by atoms with Crippen LogP contribution in [-0.4, -0.2) is 84.0 Å². The Balaban J connectivity index is 1.57. The number of aliphatic hydroxyl groups excluding tert-OH is 1. The van der Waals surface area contributed by atoms with Crippen LogP contribution in [0, 0.1) is 0 Å². The Kier molecular flexibility index (Phi) is 7.15. The van der Waals surface area contributed by atoms with Crippen LogP contribution in [0.15, 0.2) is 48.5 Å². The third-order valence-corrected chi connectivity index (χ3v) is 7.17. The van der Waals surface area contributed by atoms with Gasteiger partial charge in [-0.05, 0) is 48.2 Å².